The molecular formula is C48H78O14P2. The summed E-state index contributed by atoms with van der Waals surface area (Å²) in [5.41, 5.74) is 0. The zero-order chi connectivity index (χ0) is 47.4. The first-order chi connectivity index (χ1) is 30.8. The second-order valence-corrected chi connectivity index (χ2v) is 17.7. The minimum Gasteiger partial charge on any atom is -0.462 e. The Labute approximate surface area is 383 Å². The molecule has 64 heavy (non-hydrogen) atoms. The lowest BCUT2D eigenvalue weighted by Gasteiger charge is -2.20. The molecule has 0 aliphatic heterocycles. The van der Waals surface area contributed by atoms with Gasteiger partial charge in [0, 0.05) is 19.3 Å². The largest absolute Gasteiger partial charge is 0.472 e. The first-order valence-electron chi connectivity index (χ1n) is 22.9. The predicted octanol–water partition coefficient (Wildman–Crippen LogP) is 11.3. The van der Waals surface area contributed by atoms with Crippen LogP contribution in [0.25, 0.3) is 0 Å². The van der Waals surface area contributed by atoms with E-state index in [9.17, 15) is 33.5 Å². The lowest BCUT2D eigenvalue weighted by molar-refractivity contribution is -0.161. The van der Waals surface area contributed by atoms with E-state index in [0.29, 0.717) is 32.1 Å². The average molecular weight is 941 g/mol. The second kappa shape index (κ2) is 42.4. The number of rotatable bonds is 42. The van der Waals surface area contributed by atoms with Crippen LogP contribution in [0.5, 0.6) is 0 Å². The Morgan fingerprint density at radius 2 is 0.969 bits per heavy atom. The number of phosphoric acid groups is 2. The van der Waals surface area contributed by atoms with Crippen molar-refractivity contribution in [1.29, 1.82) is 0 Å². The molecule has 0 spiro atoms. The molecule has 3 atom stereocenters. The number of aliphatic hydroxyl groups is 1. The van der Waals surface area contributed by atoms with E-state index in [1.165, 1.54) is 19.3 Å². The molecule has 364 valence electrons. The standard InChI is InChI=1S/C48H78O14P2/c1-3-5-7-8-9-10-11-12-13-14-15-16-17-18-21-24-27-30-34-38-47(51)58-42-46(43-61-64(56,57)60-41-45(50)40-59-63(53,54)55)62-48(52)39-35-31-28-25-22-19-20-23-26-29-33-37-44(49)36-32-6-4-2/h9-10,12-13,15-16,18-21,25-26,28-29,33,37,45-46,50H,3-8,11,14,17,22-24,27,30-32,34-36,38-43H2,1-2H3,(H,56,57)(H2,53,54,55)/b10-9-,13-12-,16-15-,20-19-,21-18-,28-25-,29-26-,37-33+/t45-,46+/m0/s1. The van der Waals surface area contributed by atoms with Gasteiger partial charge in [-0.1, -0.05) is 137 Å². The molecular weight excluding hydrogens is 862 g/mol. The summed E-state index contributed by atoms with van der Waals surface area (Å²) >= 11 is 0. The molecule has 0 rings (SSSR count). The number of ketones is 1. The lowest BCUT2D eigenvalue weighted by Crippen LogP contribution is -2.29. The van der Waals surface area contributed by atoms with Gasteiger partial charge in [0.05, 0.1) is 19.8 Å². The molecule has 0 aliphatic carbocycles. The van der Waals surface area contributed by atoms with E-state index < -0.39 is 66.2 Å². The van der Waals surface area contributed by atoms with Gasteiger partial charge in [0.1, 0.15) is 12.7 Å². The van der Waals surface area contributed by atoms with Crippen molar-refractivity contribution < 1.29 is 66.3 Å². The molecule has 0 aliphatic rings. The van der Waals surface area contributed by atoms with Crippen molar-refractivity contribution in [2.45, 2.75) is 161 Å². The summed E-state index contributed by atoms with van der Waals surface area (Å²) in [4.78, 5) is 64.5. The molecule has 0 amide bonds. The fourth-order valence-corrected chi connectivity index (χ4v) is 6.55. The van der Waals surface area contributed by atoms with Gasteiger partial charge in [-0.2, -0.15) is 0 Å². The van der Waals surface area contributed by atoms with Crippen LogP contribution in [0, 0.1) is 0 Å². The van der Waals surface area contributed by atoms with Crippen molar-refractivity contribution >= 4 is 33.4 Å². The first-order valence-corrected chi connectivity index (χ1v) is 25.9. The number of carbonyl (C=O) groups excluding carboxylic acids is 3. The number of carbonyl (C=O) groups is 3. The Hall–Kier alpha value is -3.29. The Bertz CT molecular complexity index is 1560. The smallest absolute Gasteiger partial charge is 0.462 e. The summed E-state index contributed by atoms with van der Waals surface area (Å²) in [6, 6.07) is 0. The van der Waals surface area contributed by atoms with Gasteiger partial charge in [-0.25, -0.2) is 9.13 Å². The predicted molar refractivity (Wildman–Crippen MR) is 253 cm³/mol. The molecule has 0 aromatic carbocycles. The molecule has 16 heteroatoms. The molecule has 0 heterocycles. The van der Waals surface area contributed by atoms with E-state index in [-0.39, 0.29) is 18.6 Å². The van der Waals surface area contributed by atoms with E-state index in [1.807, 2.05) is 36.5 Å². The van der Waals surface area contributed by atoms with Crippen LogP contribution < -0.4 is 0 Å². The summed E-state index contributed by atoms with van der Waals surface area (Å²) < 4.78 is 47.7. The lowest BCUT2D eigenvalue weighted by atomic mass is 10.1. The highest BCUT2D eigenvalue weighted by Gasteiger charge is 2.28. The minimum absolute atomic E-state index is 0.0164. The highest BCUT2D eigenvalue weighted by molar-refractivity contribution is 7.47. The molecule has 1 unspecified atom stereocenters. The van der Waals surface area contributed by atoms with Crippen molar-refractivity contribution in [3.8, 4) is 0 Å². The Kier molecular flexibility index (Phi) is 40.2. The fourth-order valence-electron chi connectivity index (χ4n) is 5.39. The Morgan fingerprint density at radius 1 is 0.500 bits per heavy atom. The third-order valence-electron chi connectivity index (χ3n) is 8.91. The van der Waals surface area contributed by atoms with Crippen LogP contribution in [0.2, 0.25) is 0 Å². The molecule has 0 aromatic heterocycles. The molecule has 14 nitrogen and oxygen atoms in total. The fraction of sp³-hybridized carbons (Fsp3) is 0.604. The van der Waals surface area contributed by atoms with Crippen LogP contribution in [-0.4, -0.2) is 76.1 Å². The number of ether oxygens (including phenoxy) is 2. The number of phosphoric ester groups is 2. The summed E-state index contributed by atoms with van der Waals surface area (Å²) in [5.74, 6) is -1.04. The third kappa shape index (κ3) is 45.3. The highest BCUT2D eigenvalue weighted by Crippen LogP contribution is 2.43. The number of unbranched alkanes of at least 4 members (excludes halogenated alkanes) is 9. The molecule has 0 bridgehead atoms. The third-order valence-corrected chi connectivity index (χ3v) is 10.3. The maximum absolute atomic E-state index is 12.7. The SMILES string of the molecule is CCCCC/C=C\C/C=C\C/C=C\C/C=C\CCCCCC(=O)OC[C@H](COP(=O)(O)OC[C@@H](O)COP(=O)(O)O)OC(=O)CCC/C=C\C/C=C\C/C=C\C=C\C(=O)CCCCC. The van der Waals surface area contributed by atoms with Crippen molar-refractivity contribution in [1.82, 2.24) is 0 Å². The number of hydrogen-bond acceptors (Lipinski definition) is 11. The van der Waals surface area contributed by atoms with Crippen LogP contribution >= 0.6 is 15.6 Å². The van der Waals surface area contributed by atoms with Crippen molar-refractivity contribution in [2.24, 2.45) is 0 Å². The molecule has 0 saturated heterocycles. The van der Waals surface area contributed by atoms with Crippen molar-refractivity contribution in [3.63, 3.8) is 0 Å². The highest BCUT2D eigenvalue weighted by atomic mass is 31.2. The average Bonchev–Trinajstić information content (AvgIpc) is 3.25. The van der Waals surface area contributed by atoms with Gasteiger partial charge in [-0.05, 0) is 89.5 Å². The van der Waals surface area contributed by atoms with Gasteiger partial charge in [0.25, 0.3) is 0 Å². The first kappa shape index (κ1) is 60.7. The van der Waals surface area contributed by atoms with Gasteiger partial charge in [-0.15, -0.1) is 0 Å². The van der Waals surface area contributed by atoms with Crippen molar-refractivity contribution in [2.75, 3.05) is 26.4 Å². The molecule has 0 aromatic rings. The zero-order valence-corrected chi connectivity index (χ0v) is 40.1. The minimum atomic E-state index is -4.89. The quantitative estimate of drug-likeness (QED) is 0.0112. The number of allylic oxidation sites excluding steroid dienone is 16. The Balaban J connectivity index is 4.70. The van der Waals surface area contributed by atoms with Crippen molar-refractivity contribution in [3.05, 3.63) is 97.2 Å². The van der Waals surface area contributed by atoms with Crippen LogP contribution in [0.1, 0.15) is 149 Å². The van der Waals surface area contributed by atoms with Crippen LogP contribution in [0.4, 0.5) is 0 Å². The zero-order valence-electron chi connectivity index (χ0n) is 38.3. The summed E-state index contributed by atoms with van der Waals surface area (Å²) in [5, 5.41) is 9.75. The van der Waals surface area contributed by atoms with Crippen LogP contribution in [0.15, 0.2) is 97.2 Å². The van der Waals surface area contributed by atoms with Gasteiger partial charge in [0.15, 0.2) is 11.9 Å². The van der Waals surface area contributed by atoms with E-state index in [1.54, 1.807) is 12.2 Å². The summed E-state index contributed by atoms with van der Waals surface area (Å²) in [7, 11) is -9.74. The van der Waals surface area contributed by atoms with E-state index >= 15 is 0 Å². The van der Waals surface area contributed by atoms with Gasteiger partial charge in [-0.3, -0.25) is 28.0 Å². The van der Waals surface area contributed by atoms with E-state index in [0.717, 1.165) is 70.6 Å². The molecule has 0 radical (unpaired) electrons. The van der Waals surface area contributed by atoms with E-state index in [4.69, 9.17) is 23.8 Å². The maximum atomic E-state index is 12.7. The van der Waals surface area contributed by atoms with Gasteiger partial charge in [0.2, 0.25) is 0 Å². The van der Waals surface area contributed by atoms with Crippen LogP contribution in [0.3, 0.4) is 0 Å². The topological polar surface area (TPSA) is 212 Å². The normalized spacial score (nSPS) is 14.7. The number of esters is 2. The second-order valence-electron chi connectivity index (χ2n) is 15.0. The van der Waals surface area contributed by atoms with Crippen LogP contribution in [-0.2, 0) is 46.6 Å². The van der Waals surface area contributed by atoms with E-state index in [2.05, 4.69) is 71.5 Å². The molecule has 0 saturated carbocycles. The Morgan fingerprint density at radius 3 is 1.55 bits per heavy atom. The summed E-state index contributed by atoms with van der Waals surface area (Å²) in [6.45, 7) is 1.44. The number of hydrogen-bond donors (Lipinski definition) is 4. The number of aliphatic hydroxyl groups excluding tert-OH is 1. The molecule has 4 N–H and O–H groups in total. The summed E-state index contributed by atoms with van der Waals surface area (Å²) in [6.07, 6.45) is 46.7. The monoisotopic (exact) mass is 940 g/mol. The molecule has 0 fully saturated rings. The van der Waals surface area contributed by atoms with Gasteiger partial charge >= 0.3 is 27.6 Å². The van der Waals surface area contributed by atoms with Gasteiger partial charge < -0.3 is 29.3 Å². The maximum Gasteiger partial charge on any atom is 0.472 e.